The number of halogens is 2. The van der Waals surface area contributed by atoms with Crippen molar-refractivity contribution < 1.29 is 5.11 Å². The second kappa shape index (κ2) is 6.64. The van der Waals surface area contributed by atoms with E-state index in [4.69, 9.17) is 23.2 Å². The van der Waals surface area contributed by atoms with Crippen molar-refractivity contribution in [2.24, 2.45) is 0 Å². The van der Waals surface area contributed by atoms with E-state index in [2.05, 4.69) is 15.6 Å². The lowest BCUT2D eigenvalue weighted by Gasteiger charge is -2.23. The average molecular weight is 304 g/mol. The van der Waals surface area contributed by atoms with E-state index >= 15 is 0 Å². The highest BCUT2D eigenvalue weighted by Gasteiger charge is 2.23. The third-order valence-corrected chi connectivity index (χ3v) is 4.04. The number of aliphatic hydroxyl groups excluding tert-OH is 1. The molecule has 1 fully saturated rings. The summed E-state index contributed by atoms with van der Waals surface area (Å²) in [6, 6.07) is 1.66. The Balaban J connectivity index is 2.17. The van der Waals surface area contributed by atoms with Gasteiger partial charge in [-0.15, -0.1) is 0 Å². The number of nitrogens with one attached hydrogen (secondary N) is 2. The zero-order valence-corrected chi connectivity index (χ0v) is 12.4. The predicted molar refractivity (Wildman–Crippen MR) is 80.3 cm³/mol. The van der Waals surface area contributed by atoms with Crippen LogP contribution in [0.2, 0.25) is 10.0 Å². The second-order valence-corrected chi connectivity index (χ2v) is 5.67. The first kappa shape index (κ1) is 14.7. The Morgan fingerprint density at radius 2 is 1.84 bits per heavy atom. The fourth-order valence-corrected chi connectivity index (χ4v) is 2.88. The smallest absolute Gasteiger partial charge is 0.147 e. The number of hydrogen-bond acceptors (Lipinski definition) is 4. The van der Waals surface area contributed by atoms with Gasteiger partial charge < -0.3 is 15.7 Å². The molecule has 1 aliphatic rings. The summed E-state index contributed by atoms with van der Waals surface area (Å²) >= 11 is 12.2. The van der Waals surface area contributed by atoms with Crippen molar-refractivity contribution in [2.75, 3.05) is 17.7 Å². The summed E-state index contributed by atoms with van der Waals surface area (Å²) < 4.78 is 0. The summed E-state index contributed by atoms with van der Waals surface area (Å²) in [5, 5.41) is 17.2. The molecule has 2 atom stereocenters. The Bertz CT molecular complexity index is 442. The zero-order chi connectivity index (χ0) is 13.8. The first-order chi connectivity index (χ1) is 9.11. The molecule has 0 aromatic carbocycles. The molecule has 6 heteroatoms. The molecular formula is C13H19Cl2N3O. The largest absolute Gasteiger partial charge is 0.391 e. The van der Waals surface area contributed by atoms with Gasteiger partial charge in [0.15, 0.2) is 0 Å². The highest BCUT2D eigenvalue weighted by molar-refractivity contribution is 6.37. The summed E-state index contributed by atoms with van der Waals surface area (Å²) in [6.07, 6.45) is 4.74. The molecule has 0 radical (unpaired) electrons. The van der Waals surface area contributed by atoms with E-state index in [9.17, 15) is 5.11 Å². The minimum atomic E-state index is -0.353. The van der Waals surface area contributed by atoms with Gasteiger partial charge >= 0.3 is 0 Å². The first-order valence-electron chi connectivity index (χ1n) is 6.60. The van der Waals surface area contributed by atoms with Crippen LogP contribution in [0.5, 0.6) is 0 Å². The van der Waals surface area contributed by atoms with Crippen LogP contribution in [-0.4, -0.2) is 29.3 Å². The van der Waals surface area contributed by atoms with Crippen LogP contribution in [0.15, 0.2) is 6.07 Å². The van der Waals surface area contributed by atoms with Crippen molar-refractivity contribution in [3.63, 3.8) is 0 Å². The van der Waals surface area contributed by atoms with Crippen LogP contribution in [0, 0.1) is 0 Å². The molecule has 1 heterocycles. The molecule has 0 aliphatic heterocycles. The van der Waals surface area contributed by atoms with E-state index in [1.54, 1.807) is 13.1 Å². The van der Waals surface area contributed by atoms with Gasteiger partial charge in [0.2, 0.25) is 0 Å². The van der Waals surface area contributed by atoms with E-state index in [0.29, 0.717) is 21.7 Å². The molecule has 1 aromatic rings. The third-order valence-electron chi connectivity index (χ3n) is 3.47. The van der Waals surface area contributed by atoms with Gasteiger partial charge in [0.05, 0.1) is 22.2 Å². The molecule has 19 heavy (non-hydrogen) atoms. The number of rotatable bonds is 3. The van der Waals surface area contributed by atoms with E-state index in [1.165, 1.54) is 6.42 Å². The van der Waals surface area contributed by atoms with Crippen LogP contribution in [0.4, 0.5) is 11.6 Å². The number of anilines is 2. The van der Waals surface area contributed by atoms with Crippen LogP contribution >= 0.6 is 23.2 Å². The maximum absolute atomic E-state index is 10.1. The van der Waals surface area contributed by atoms with E-state index in [-0.39, 0.29) is 12.1 Å². The highest BCUT2D eigenvalue weighted by Crippen LogP contribution is 2.30. The van der Waals surface area contributed by atoms with Gasteiger partial charge in [-0.25, -0.2) is 4.98 Å². The van der Waals surface area contributed by atoms with E-state index in [0.717, 1.165) is 25.7 Å². The van der Waals surface area contributed by atoms with Crippen LogP contribution in [-0.2, 0) is 0 Å². The van der Waals surface area contributed by atoms with Crippen LogP contribution in [0.3, 0.4) is 0 Å². The molecule has 3 N–H and O–H groups in total. The first-order valence-corrected chi connectivity index (χ1v) is 7.36. The Hall–Kier alpha value is -0.710. The molecule has 0 spiro atoms. The van der Waals surface area contributed by atoms with Crippen molar-refractivity contribution in [3.05, 3.63) is 16.1 Å². The lowest BCUT2D eigenvalue weighted by Crippen LogP contribution is -2.33. The standard InChI is InChI=1S/C13H19Cl2N3O/c1-16-12-8(14)7-9(15)13(18-12)17-10-5-3-2-4-6-11(10)19/h7,10-11,19H,2-6H2,1H3,(H2,16,17,18). The number of pyridine rings is 1. The fraction of sp³-hybridized carbons (Fsp3) is 0.615. The Labute approximate surface area is 123 Å². The van der Waals surface area contributed by atoms with E-state index < -0.39 is 0 Å². The Morgan fingerprint density at radius 1 is 1.16 bits per heavy atom. The Morgan fingerprint density at radius 3 is 2.58 bits per heavy atom. The van der Waals surface area contributed by atoms with Gasteiger partial charge in [-0.3, -0.25) is 0 Å². The van der Waals surface area contributed by atoms with Crippen molar-refractivity contribution in [2.45, 2.75) is 44.2 Å². The molecule has 0 saturated heterocycles. The molecule has 106 valence electrons. The third kappa shape index (κ3) is 3.65. The number of aromatic nitrogens is 1. The number of aliphatic hydroxyl groups is 1. The monoisotopic (exact) mass is 303 g/mol. The zero-order valence-electron chi connectivity index (χ0n) is 10.9. The number of nitrogens with zero attached hydrogens (tertiary/aromatic N) is 1. The fourth-order valence-electron chi connectivity index (χ4n) is 2.38. The summed E-state index contributed by atoms with van der Waals surface area (Å²) in [5.41, 5.74) is 0. The van der Waals surface area contributed by atoms with Crippen molar-refractivity contribution in [1.82, 2.24) is 4.98 Å². The van der Waals surface area contributed by atoms with Gasteiger partial charge in [0.25, 0.3) is 0 Å². The molecule has 0 bridgehead atoms. The molecule has 1 aliphatic carbocycles. The second-order valence-electron chi connectivity index (χ2n) is 4.86. The summed E-state index contributed by atoms with van der Waals surface area (Å²) in [4.78, 5) is 4.35. The maximum Gasteiger partial charge on any atom is 0.147 e. The van der Waals surface area contributed by atoms with Gasteiger partial charge in [-0.2, -0.15) is 0 Å². The SMILES string of the molecule is CNc1nc(NC2CCCCCC2O)c(Cl)cc1Cl. The predicted octanol–water partition coefficient (Wildman–Crippen LogP) is 3.54. The number of hydrogen-bond donors (Lipinski definition) is 3. The van der Waals surface area contributed by atoms with Crippen molar-refractivity contribution in [3.8, 4) is 0 Å². The summed E-state index contributed by atoms with van der Waals surface area (Å²) in [7, 11) is 1.76. The van der Waals surface area contributed by atoms with Gasteiger partial charge in [0, 0.05) is 7.05 Å². The minimum Gasteiger partial charge on any atom is -0.391 e. The molecular weight excluding hydrogens is 285 g/mol. The summed E-state index contributed by atoms with van der Waals surface area (Å²) in [6.45, 7) is 0. The maximum atomic E-state index is 10.1. The molecule has 2 rings (SSSR count). The van der Waals surface area contributed by atoms with Crippen LogP contribution in [0.25, 0.3) is 0 Å². The highest BCUT2D eigenvalue weighted by atomic mass is 35.5. The van der Waals surface area contributed by atoms with E-state index in [1.807, 2.05) is 0 Å². The van der Waals surface area contributed by atoms with Crippen molar-refractivity contribution in [1.29, 1.82) is 0 Å². The molecule has 4 nitrogen and oxygen atoms in total. The normalized spacial score (nSPS) is 23.8. The van der Waals surface area contributed by atoms with Gasteiger partial charge in [0.1, 0.15) is 11.6 Å². The van der Waals surface area contributed by atoms with Crippen LogP contribution < -0.4 is 10.6 Å². The van der Waals surface area contributed by atoms with Crippen molar-refractivity contribution >= 4 is 34.8 Å². The molecule has 0 amide bonds. The minimum absolute atomic E-state index is 0.00150. The molecule has 2 unspecified atom stereocenters. The lowest BCUT2D eigenvalue weighted by molar-refractivity contribution is 0.144. The molecule has 1 saturated carbocycles. The van der Waals surface area contributed by atoms with Gasteiger partial charge in [-0.05, 0) is 18.9 Å². The average Bonchev–Trinajstić information content (AvgIpc) is 2.58. The topological polar surface area (TPSA) is 57.2 Å². The van der Waals surface area contributed by atoms with Gasteiger partial charge in [-0.1, -0.05) is 42.5 Å². The van der Waals surface area contributed by atoms with Crippen LogP contribution in [0.1, 0.15) is 32.1 Å². The summed E-state index contributed by atoms with van der Waals surface area (Å²) in [5.74, 6) is 1.15. The quantitative estimate of drug-likeness (QED) is 0.748. The molecule has 1 aromatic heterocycles. The lowest BCUT2D eigenvalue weighted by atomic mass is 10.1. The Kier molecular flexibility index (Phi) is 5.13.